The number of rotatable bonds is 7. The van der Waals surface area contributed by atoms with E-state index in [1.54, 1.807) is 11.9 Å². The monoisotopic (exact) mass is 440 g/mol. The maximum absolute atomic E-state index is 13.6. The summed E-state index contributed by atoms with van der Waals surface area (Å²) in [4.78, 5) is 43.7. The molecule has 0 aliphatic carbocycles. The van der Waals surface area contributed by atoms with Crippen LogP contribution in [0.4, 0.5) is 0 Å². The number of imide groups is 1. The van der Waals surface area contributed by atoms with E-state index < -0.39 is 5.41 Å². The highest BCUT2D eigenvalue weighted by atomic mass is 32.1. The molecule has 3 amide bonds. The largest absolute Gasteiger partial charge is 0.376 e. The van der Waals surface area contributed by atoms with Crippen molar-refractivity contribution < 1.29 is 19.1 Å². The molecule has 0 saturated carbocycles. The molecular formula is C24H28N2O4S. The summed E-state index contributed by atoms with van der Waals surface area (Å²) in [6, 6.07) is 13.1. The lowest BCUT2D eigenvalue weighted by Crippen LogP contribution is -2.44. The lowest BCUT2D eigenvalue weighted by atomic mass is 9.75. The average molecular weight is 441 g/mol. The number of hydrogen-bond donors (Lipinski definition) is 0. The zero-order chi connectivity index (χ0) is 21.8. The average Bonchev–Trinajstić information content (AvgIpc) is 3.38. The van der Waals surface area contributed by atoms with Crippen LogP contribution in [0.5, 0.6) is 0 Å². The minimum atomic E-state index is -1.16. The molecule has 1 aromatic carbocycles. The fraction of sp³-hybridized carbons (Fsp3) is 0.458. The molecule has 0 radical (unpaired) electrons. The van der Waals surface area contributed by atoms with E-state index in [4.69, 9.17) is 4.74 Å². The Bertz CT molecular complexity index is 924. The summed E-state index contributed by atoms with van der Waals surface area (Å²) in [6.45, 7) is 1.49. The van der Waals surface area contributed by atoms with E-state index in [0.29, 0.717) is 6.54 Å². The Kier molecular flexibility index (Phi) is 6.53. The van der Waals surface area contributed by atoms with Crippen molar-refractivity contribution in [1.82, 2.24) is 9.80 Å². The highest BCUT2D eigenvalue weighted by Gasteiger charge is 2.54. The summed E-state index contributed by atoms with van der Waals surface area (Å²) in [5.41, 5.74) is -0.438. The molecule has 0 bridgehead atoms. The number of carbonyl (C=O) groups excluding carboxylic acids is 3. The second kappa shape index (κ2) is 9.32. The van der Waals surface area contributed by atoms with Crippen LogP contribution in [0.3, 0.4) is 0 Å². The number of amides is 3. The molecule has 31 heavy (non-hydrogen) atoms. The Labute approximate surface area is 186 Å². The molecule has 2 fully saturated rings. The number of benzene rings is 1. The third-order valence-electron chi connectivity index (χ3n) is 6.26. The van der Waals surface area contributed by atoms with Gasteiger partial charge in [0, 0.05) is 37.9 Å². The van der Waals surface area contributed by atoms with Crippen molar-refractivity contribution >= 4 is 29.1 Å². The van der Waals surface area contributed by atoms with Gasteiger partial charge in [-0.25, -0.2) is 0 Å². The number of likely N-dealkylation sites (N-methyl/N-ethyl adjacent to an activating group) is 1. The number of nitrogens with zero attached hydrogens (tertiary/aromatic N) is 2. The van der Waals surface area contributed by atoms with E-state index >= 15 is 0 Å². The van der Waals surface area contributed by atoms with Gasteiger partial charge in [-0.2, -0.15) is 0 Å². The van der Waals surface area contributed by atoms with Gasteiger partial charge in [0.05, 0.1) is 18.1 Å². The highest BCUT2D eigenvalue weighted by Crippen LogP contribution is 2.41. The van der Waals surface area contributed by atoms with Crippen molar-refractivity contribution in [2.24, 2.45) is 0 Å². The zero-order valence-electron chi connectivity index (χ0n) is 17.8. The summed E-state index contributed by atoms with van der Waals surface area (Å²) in [5.74, 6) is -0.654. The van der Waals surface area contributed by atoms with Gasteiger partial charge in [-0.3, -0.25) is 19.3 Å². The molecule has 2 saturated heterocycles. The first-order chi connectivity index (χ1) is 15.0. The van der Waals surface area contributed by atoms with Crippen LogP contribution in [0, 0.1) is 0 Å². The van der Waals surface area contributed by atoms with Crippen molar-refractivity contribution in [3.63, 3.8) is 0 Å². The second-order valence-corrected chi connectivity index (χ2v) is 9.46. The van der Waals surface area contributed by atoms with Crippen LogP contribution in [0.2, 0.25) is 0 Å². The fourth-order valence-electron chi connectivity index (χ4n) is 4.49. The number of hydrogen-bond acceptors (Lipinski definition) is 5. The first kappa shape index (κ1) is 21.7. The number of ether oxygens (including phenoxy) is 1. The molecule has 2 aliphatic heterocycles. The summed E-state index contributed by atoms with van der Waals surface area (Å²) in [7, 11) is 1.75. The number of carbonyl (C=O) groups is 3. The molecule has 0 N–H and O–H groups in total. The molecule has 2 unspecified atom stereocenters. The van der Waals surface area contributed by atoms with E-state index in [0.717, 1.165) is 36.3 Å². The lowest BCUT2D eigenvalue weighted by Gasteiger charge is -2.31. The molecule has 2 atom stereocenters. The quantitative estimate of drug-likeness (QED) is 0.619. The van der Waals surface area contributed by atoms with Gasteiger partial charge in [0.2, 0.25) is 17.7 Å². The van der Waals surface area contributed by atoms with Crippen molar-refractivity contribution in [2.75, 3.05) is 20.2 Å². The molecule has 7 heteroatoms. The number of likely N-dealkylation sites (tertiary alicyclic amines) is 1. The van der Waals surface area contributed by atoms with Gasteiger partial charge in [-0.05, 0) is 36.3 Å². The van der Waals surface area contributed by atoms with Crippen LogP contribution in [0.25, 0.3) is 0 Å². The van der Waals surface area contributed by atoms with E-state index in [-0.39, 0.29) is 43.2 Å². The predicted molar refractivity (Wildman–Crippen MR) is 118 cm³/mol. The smallest absolute Gasteiger partial charge is 0.241 e. The van der Waals surface area contributed by atoms with E-state index in [2.05, 4.69) is 0 Å². The van der Waals surface area contributed by atoms with Gasteiger partial charge in [0.15, 0.2) is 0 Å². The normalized spacial score (nSPS) is 23.9. The van der Waals surface area contributed by atoms with Crippen molar-refractivity contribution in [2.45, 2.75) is 50.2 Å². The Hall–Kier alpha value is -2.51. The van der Waals surface area contributed by atoms with E-state index in [1.165, 1.54) is 16.2 Å². The molecule has 6 nitrogen and oxygen atoms in total. The third kappa shape index (κ3) is 4.57. The van der Waals surface area contributed by atoms with Crippen LogP contribution < -0.4 is 0 Å². The van der Waals surface area contributed by atoms with Crippen LogP contribution in [-0.2, 0) is 31.1 Å². The SMILES string of the molecule is CN(CC1CCCCO1)C(=O)CC1(c2ccccc2)CC(=O)N(Cc2cccs2)C1=O. The van der Waals surface area contributed by atoms with Gasteiger partial charge in [0.1, 0.15) is 0 Å². The highest BCUT2D eigenvalue weighted by molar-refractivity contribution is 7.09. The molecular weight excluding hydrogens is 412 g/mol. The van der Waals surface area contributed by atoms with E-state index in [1.807, 2.05) is 47.8 Å². The molecule has 2 aromatic rings. The molecule has 0 spiro atoms. The van der Waals surface area contributed by atoms with Crippen LogP contribution in [0.1, 0.15) is 42.5 Å². The predicted octanol–water partition coefficient (Wildman–Crippen LogP) is 3.36. The first-order valence-corrected chi connectivity index (χ1v) is 11.7. The Morgan fingerprint density at radius 2 is 2.00 bits per heavy atom. The fourth-order valence-corrected chi connectivity index (χ4v) is 5.19. The Morgan fingerprint density at radius 1 is 1.19 bits per heavy atom. The van der Waals surface area contributed by atoms with Gasteiger partial charge >= 0.3 is 0 Å². The van der Waals surface area contributed by atoms with Gasteiger partial charge in [-0.15, -0.1) is 11.3 Å². The van der Waals surface area contributed by atoms with Crippen LogP contribution in [-0.4, -0.2) is 53.8 Å². The molecule has 3 heterocycles. The second-order valence-electron chi connectivity index (χ2n) is 8.43. The molecule has 164 valence electrons. The number of thiophene rings is 1. The molecule has 1 aromatic heterocycles. The maximum atomic E-state index is 13.6. The maximum Gasteiger partial charge on any atom is 0.241 e. The summed E-state index contributed by atoms with van der Waals surface area (Å²) in [6.07, 6.45) is 3.12. The minimum absolute atomic E-state index is 0.0146. The zero-order valence-corrected chi connectivity index (χ0v) is 18.6. The topological polar surface area (TPSA) is 66.9 Å². The van der Waals surface area contributed by atoms with E-state index in [9.17, 15) is 14.4 Å². The molecule has 2 aliphatic rings. The minimum Gasteiger partial charge on any atom is -0.376 e. The van der Waals surface area contributed by atoms with Gasteiger partial charge in [-0.1, -0.05) is 36.4 Å². The van der Waals surface area contributed by atoms with Crippen molar-refractivity contribution in [3.05, 3.63) is 58.3 Å². The first-order valence-electron chi connectivity index (χ1n) is 10.8. The summed E-state index contributed by atoms with van der Waals surface area (Å²) < 4.78 is 5.77. The van der Waals surface area contributed by atoms with Crippen molar-refractivity contribution in [3.8, 4) is 0 Å². The third-order valence-corrected chi connectivity index (χ3v) is 7.12. The van der Waals surface area contributed by atoms with Crippen LogP contribution in [0.15, 0.2) is 47.8 Å². The Balaban J connectivity index is 1.56. The summed E-state index contributed by atoms with van der Waals surface area (Å²) in [5, 5.41) is 1.93. The lowest BCUT2D eigenvalue weighted by molar-refractivity contribution is -0.143. The van der Waals surface area contributed by atoms with Crippen LogP contribution >= 0.6 is 11.3 Å². The molecule has 4 rings (SSSR count). The standard InChI is InChI=1S/C24H28N2O4S/c1-25(16-19-10-5-6-12-30-19)21(27)14-24(18-8-3-2-4-9-18)15-22(28)26(23(24)29)17-20-11-7-13-31-20/h2-4,7-9,11,13,19H,5-6,10,12,14-17H2,1H3. The summed E-state index contributed by atoms with van der Waals surface area (Å²) >= 11 is 1.51. The van der Waals surface area contributed by atoms with Gasteiger partial charge in [0.25, 0.3) is 0 Å². The van der Waals surface area contributed by atoms with Crippen molar-refractivity contribution in [1.29, 1.82) is 0 Å². The Morgan fingerprint density at radius 3 is 2.68 bits per heavy atom. The van der Waals surface area contributed by atoms with Gasteiger partial charge < -0.3 is 9.64 Å².